The van der Waals surface area contributed by atoms with Crippen molar-refractivity contribution in [2.45, 2.75) is 43.8 Å². The topological polar surface area (TPSA) is 64.4 Å². The van der Waals surface area contributed by atoms with Gasteiger partial charge < -0.3 is 9.64 Å². The third kappa shape index (κ3) is 4.13. The van der Waals surface area contributed by atoms with E-state index in [0.717, 1.165) is 42.4 Å². The summed E-state index contributed by atoms with van der Waals surface area (Å²) in [7, 11) is 5.41. The van der Waals surface area contributed by atoms with Crippen LogP contribution in [0.4, 0.5) is 0 Å². The predicted octanol–water partition coefficient (Wildman–Crippen LogP) is 2.55. The van der Waals surface area contributed by atoms with Gasteiger partial charge in [0.2, 0.25) is 0 Å². The fourth-order valence-electron chi connectivity index (χ4n) is 3.25. The van der Waals surface area contributed by atoms with Crippen LogP contribution in [0.2, 0.25) is 0 Å². The third-order valence-electron chi connectivity index (χ3n) is 4.57. The molecule has 2 aromatic heterocycles. The summed E-state index contributed by atoms with van der Waals surface area (Å²) in [4.78, 5) is 33.8. The molecule has 0 saturated carbocycles. The Labute approximate surface area is 161 Å². The first-order chi connectivity index (χ1) is 12.5. The number of esters is 1. The minimum atomic E-state index is -0.310. The molecule has 3 rings (SSSR count). The van der Waals surface area contributed by atoms with Crippen LogP contribution in [-0.4, -0.2) is 53.9 Å². The van der Waals surface area contributed by atoms with Gasteiger partial charge in [0.15, 0.2) is 5.16 Å². The van der Waals surface area contributed by atoms with Crippen molar-refractivity contribution in [3.8, 4) is 0 Å². The summed E-state index contributed by atoms with van der Waals surface area (Å²) in [5.41, 5.74) is 1.25. The Hall–Kier alpha value is -1.38. The monoisotopic (exact) mass is 395 g/mol. The molecule has 0 radical (unpaired) electrons. The highest BCUT2D eigenvalue weighted by Crippen LogP contribution is 2.34. The van der Waals surface area contributed by atoms with Gasteiger partial charge in [-0.1, -0.05) is 11.8 Å². The molecule has 142 valence electrons. The van der Waals surface area contributed by atoms with E-state index in [0.29, 0.717) is 11.7 Å². The van der Waals surface area contributed by atoms with Gasteiger partial charge in [-0.2, -0.15) is 0 Å². The summed E-state index contributed by atoms with van der Waals surface area (Å²) in [5.74, 6) is -0.151. The predicted molar refractivity (Wildman–Crippen MR) is 106 cm³/mol. The van der Waals surface area contributed by atoms with Crippen LogP contribution >= 0.6 is 23.1 Å². The average Bonchev–Trinajstić information content (AvgIpc) is 2.99. The Bertz CT molecular complexity index is 857. The molecule has 2 aromatic rings. The molecule has 0 aliphatic heterocycles. The quantitative estimate of drug-likeness (QED) is 0.408. The highest BCUT2D eigenvalue weighted by molar-refractivity contribution is 7.99. The van der Waals surface area contributed by atoms with E-state index in [9.17, 15) is 9.59 Å². The van der Waals surface area contributed by atoms with Crippen LogP contribution in [0.5, 0.6) is 0 Å². The second kappa shape index (κ2) is 8.54. The zero-order valence-electron chi connectivity index (χ0n) is 15.5. The number of methoxy groups -OCH3 is 1. The van der Waals surface area contributed by atoms with Crippen LogP contribution in [0, 0.1) is 0 Å². The first-order valence-corrected chi connectivity index (χ1v) is 10.7. The minimum absolute atomic E-state index is 0.0421. The molecule has 2 heterocycles. The number of thioether (sulfide) groups is 1. The van der Waals surface area contributed by atoms with E-state index in [-0.39, 0.29) is 17.3 Å². The molecule has 0 atom stereocenters. The van der Waals surface area contributed by atoms with E-state index in [1.165, 1.54) is 35.7 Å². The molecule has 6 nitrogen and oxygen atoms in total. The van der Waals surface area contributed by atoms with Crippen molar-refractivity contribution in [1.29, 1.82) is 0 Å². The van der Waals surface area contributed by atoms with Gasteiger partial charge in [-0.25, -0.2) is 4.98 Å². The molecule has 8 heteroatoms. The van der Waals surface area contributed by atoms with Crippen molar-refractivity contribution in [3.63, 3.8) is 0 Å². The van der Waals surface area contributed by atoms with Crippen molar-refractivity contribution in [2.75, 3.05) is 33.5 Å². The van der Waals surface area contributed by atoms with Gasteiger partial charge in [0.1, 0.15) is 4.83 Å². The molecule has 0 bridgehead atoms. The van der Waals surface area contributed by atoms with Crippen LogP contribution in [0.3, 0.4) is 0 Å². The molecular formula is C18H25N3O3S2. The van der Waals surface area contributed by atoms with E-state index < -0.39 is 0 Å². The normalized spacial score (nSPS) is 14.0. The van der Waals surface area contributed by atoms with Crippen molar-refractivity contribution in [3.05, 3.63) is 20.8 Å². The lowest BCUT2D eigenvalue weighted by Crippen LogP contribution is -2.26. The number of carbonyl (C=O) groups excluding carboxylic acids is 1. The standard InChI is InChI=1S/C18H25N3O3S2/c1-20(2)9-6-10-21-17(23)15-12-7-4-5-8-13(12)26-16(15)19-18(21)25-11-14(22)24-3/h4-11H2,1-3H3. The van der Waals surface area contributed by atoms with Crippen molar-refractivity contribution in [2.24, 2.45) is 0 Å². The molecular weight excluding hydrogens is 370 g/mol. The highest BCUT2D eigenvalue weighted by atomic mass is 32.2. The number of thiophene rings is 1. The number of aryl methyl sites for hydroxylation is 2. The van der Waals surface area contributed by atoms with Gasteiger partial charge in [-0.15, -0.1) is 11.3 Å². The SMILES string of the molecule is COC(=O)CSc1nc2sc3c(c2c(=O)n1CCCN(C)C)CCCC3. The van der Waals surface area contributed by atoms with Crippen LogP contribution in [0.15, 0.2) is 9.95 Å². The lowest BCUT2D eigenvalue weighted by atomic mass is 9.97. The van der Waals surface area contributed by atoms with Gasteiger partial charge in [-0.3, -0.25) is 14.2 Å². The molecule has 0 spiro atoms. The van der Waals surface area contributed by atoms with E-state index in [2.05, 4.69) is 4.90 Å². The lowest BCUT2D eigenvalue weighted by Gasteiger charge is -2.14. The smallest absolute Gasteiger partial charge is 0.316 e. The Morgan fingerprint density at radius 3 is 2.85 bits per heavy atom. The van der Waals surface area contributed by atoms with Crippen LogP contribution in [-0.2, 0) is 28.9 Å². The second-order valence-electron chi connectivity index (χ2n) is 6.76. The summed E-state index contributed by atoms with van der Waals surface area (Å²) in [6, 6.07) is 0. The summed E-state index contributed by atoms with van der Waals surface area (Å²) in [6.45, 7) is 1.50. The Morgan fingerprint density at radius 1 is 1.35 bits per heavy atom. The summed E-state index contributed by atoms with van der Waals surface area (Å²) < 4.78 is 6.48. The molecule has 0 amide bonds. The minimum Gasteiger partial charge on any atom is -0.468 e. The van der Waals surface area contributed by atoms with Gasteiger partial charge >= 0.3 is 5.97 Å². The largest absolute Gasteiger partial charge is 0.468 e. The molecule has 0 fully saturated rings. The maximum absolute atomic E-state index is 13.3. The van der Waals surface area contributed by atoms with Gasteiger partial charge in [0.05, 0.1) is 18.2 Å². The fourth-order valence-corrected chi connectivity index (χ4v) is 5.41. The first kappa shape index (κ1) is 19.4. The molecule has 0 aromatic carbocycles. The van der Waals surface area contributed by atoms with E-state index in [1.54, 1.807) is 15.9 Å². The van der Waals surface area contributed by atoms with Crippen LogP contribution < -0.4 is 5.56 Å². The molecule has 0 saturated heterocycles. The van der Waals surface area contributed by atoms with Gasteiger partial charge in [-0.05, 0) is 58.3 Å². The summed E-state index contributed by atoms with van der Waals surface area (Å²) >= 11 is 2.93. The Morgan fingerprint density at radius 2 is 2.12 bits per heavy atom. The van der Waals surface area contributed by atoms with Gasteiger partial charge in [0.25, 0.3) is 5.56 Å². The number of rotatable bonds is 7. The Balaban J connectivity index is 2.01. The fraction of sp³-hybridized carbons (Fsp3) is 0.611. The number of carbonyl (C=O) groups is 1. The number of nitrogens with zero attached hydrogens (tertiary/aromatic N) is 3. The number of aromatic nitrogens is 2. The maximum Gasteiger partial charge on any atom is 0.316 e. The van der Waals surface area contributed by atoms with E-state index in [4.69, 9.17) is 9.72 Å². The lowest BCUT2D eigenvalue weighted by molar-refractivity contribution is -0.137. The van der Waals surface area contributed by atoms with Crippen LogP contribution in [0.1, 0.15) is 29.7 Å². The Kier molecular flexibility index (Phi) is 6.37. The summed E-state index contributed by atoms with van der Waals surface area (Å²) in [6.07, 6.45) is 5.19. The number of hydrogen-bond acceptors (Lipinski definition) is 7. The average molecular weight is 396 g/mol. The zero-order valence-corrected chi connectivity index (χ0v) is 17.2. The maximum atomic E-state index is 13.3. The van der Waals surface area contributed by atoms with Gasteiger partial charge in [0, 0.05) is 11.4 Å². The van der Waals surface area contributed by atoms with E-state index >= 15 is 0 Å². The number of fused-ring (bicyclic) bond motifs is 3. The summed E-state index contributed by atoms with van der Waals surface area (Å²) in [5, 5.41) is 1.42. The zero-order chi connectivity index (χ0) is 18.7. The molecule has 1 aliphatic rings. The molecule has 0 N–H and O–H groups in total. The van der Waals surface area contributed by atoms with Crippen molar-refractivity contribution < 1.29 is 9.53 Å². The van der Waals surface area contributed by atoms with Crippen molar-refractivity contribution in [1.82, 2.24) is 14.5 Å². The van der Waals surface area contributed by atoms with Crippen LogP contribution in [0.25, 0.3) is 10.2 Å². The third-order valence-corrected chi connectivity index (χ3v) is 6.71. The second-order valence-corrected chi connectivity index (χ2v) is 8.79. The molecule has 26 heavy (non-hydrogen) atoms. The molecule has 1 aliphatic carbocycles. The number of hydrogen-bond donors (Lipinski definition) is 0. The first-order valence-electron chi connectivity index (χ1n) is 8.90. The van der Waals surface area contributed by atoms with E-state index in [1.807, 2.05) is 14.1 Å². The molecule has 0 unspecified atom stereocenters. The number of ether oxygens (including phenoxy) is 1. The van der Waals surface area contributed by atoms with Crippen molar-refractivity contribution >= 4 is 39.3 Å². The highest BCUT2D eigenvalue weighted by Gasteiger charge is 2.22.